The summed E-state index contributed by atoms with van der Waals surface area (Å²) < 4.78 is 30.6. The minimum atomic E-state index is -2.89. The summed E-state index contributed by atoms with van der Waals surface area (Å²) in [6.07, 6.45) is 3.09. The van der Waals surface area contributed by atoms with Crippen LogP contribution in [0.5, 0.6) is 17.2 Å². The third-order valence-corrected chi connectivity index (χ3v) is 4.60. The average molecular weight is 417 g/mol. The van der Waals surface area contributed by atoms with Crippen LogP contribution in [0.15, 0.2) is 70.6 Å². The molecule has 0 saturated carbocycles. The van der Waals surface area contributed by atoms with E-state index in [2.05, 4.69) is 21.4 Å². The number of aromatic hydroxyl groups is 2. The maximum Gasteiger partial charge on any atom is 0.387 e. The van der Waals surface area contributed by atoms with Gasteiger partial charge in [-0.1, -0.05) is 6.08 Å². The van der Waals surface area contributed by atoms with Gasteiger partial charge in [-0.05, 0) is 36.4 Å². The predicted molar refractivity (Wildman–Crippen MR) is 108 cm³/mol. The Bertz CT molecular complexity index is 1090. The fraction of sp³-hybridized carbons (Fsp3) is 0.100. The third kappa shape index (κ3) is 5.08. The summed E-state index contributed by atoms with van der Waals surface area (Å²) in [5.74, 6) is -0.125. The molecule has 3 aromatic rings. The Morgan fingerprint density at radius 1 is 1.17 bits per heavy atom. The number of rotatable bonds is 7. The zero-order valence-electron chi connectivity index (χ0n) is 15.1. The van der Waals surface area contributed by atoms with Gasteiger partial charge in [0.15, 0.2) is 0 Å². The number of phenols is 2. The number of benzene rings is 2. The summed E-state index contributed by atoms with van der Waals surface area (Å²) in [4.78, 5) is 4.99. The van der Waals surface area contributed by atoms with Crippen LogP contribution in [0.4, 0.5) is 8.78 Å². The summed E-state index contributed by atoms with van der Waals surface area (Å²) in [6.45, 7) is 1.15. The second kappa shape index (κ2) is 9.16. The van der Waals surface area contributed by atoms with Gasteiger partial charge in [-0.2, -0.15) is 13.9 Å². The molecule has 0 atom stereocenters. The molecule has 1 heterocycles. The van der Waals surface area contributed by atoms with Gasteiger partial charge in [-0.15, -0.1) is 17.9 Å². The molecule has 0 amide bonds. The lowest BCUT2D eigenvalue weighted by molar-refractivity contribution is -0.0498. The number of hydrogen-bond acceptors (Lipinski definition) is 6. The van der Waals surface area contributed by atoms with Gasteiger partial charge in [0.05, 0.1) is 18.5 Å². The van der Waals surface area contributed by atoms with Gasteiger partial charge >= 0.3 is 6.61 Å². The van der Waals surface area contributed by atoms with Crippen LogP contribution in [0.1, 0.15) is 5.56 Å². The van der Waals surface area contributed by atoms with E-state index in [1.165, 1.54) is 47.9 Å². The fourth-order valence-corrected chi connectivity index (χ4v) is 3.28. The summed E-state index contributed by atoms with van der Waals surface area (Å²) in [7, 11) is 0. The molecule has 0 saturated heterocycles. The van der Waals surface area contributed by atoms with Gasteiger partial charge in [-0.3, -0.25) is 4.99 Å². The number of alkyl halides is 2. The molecule has 6 nitrogen and oxygen atoms in total. The maximum atomic E-state index is 12.3. The van der Waals surface area contributed by atoms with Crippen LogP contribution < -0.4 is 9.54 Å². The third-order valence-electron chi connectivity index (χ3n) is 3.74. The molecule has 0 aliphatic rings. The molecule has 150 valence electrons. The molecule has 2 N–H and O–H groups in total. The number of hydrogen-bond donors (Lipinski definition) is 2. The first-order valence-electron chi connectivity index (χ1n) is 8.41. The number of aromatic nitrogens is 1. The highest BCUT2D eigenvalue weighted by molar-refractivity contribution is 7.07. The molecule has 0 spiro atoms. The lowest BCUT2D eigenvalue weighted by Gasteiger charge is -2.07. The largest absolute Gasteiger partial charge is 0.508 e. The lowest BCUT2D eigenvalue weighted by atomic mass is 10.2. The Balaban J connectivity index is 2.01. The molecule has 9 heteroatoms. The smallest absolute Gasteiger partial charge is 0.387 e. The van der Waals surface area contributed by atoms with E-state index in [0.29, 0.717) is 22.6 Å². The standard InChI is InChI=1S/C20H17F2N3O3S/c1-2-9-23-20-25(24-11-14-3-6-15(26)10-18(14)27)17(12-29-20)13-4-7-16(8-5-13)28-19(21)22/h2-8,10-12,19,26-27H,1,9H2. The monoisotopic (exact) mass is 417 g/mol. The molecule has 0 aliphatic heterocycles. The summed E-state index contributed by atoms with van der Waals surface area (Å²) in [5, 5.41) is 25.6. The van der Waals surface area contributed by atoms with Crippen molar-refractivity contribution >= 4 is 17.6 Å². The molecule has 29 heavy (non-hydrogen) atoms. The zero-order valence-corrected chi connectivity index (χ0v) is 15.9. The van der Waals surface area contributed by atoms with Crippen LogP contribution >= 0.6 is 11.3 Å². The van der Waals surface area contributed by atoms with Gasteiger partial charge in [0.2, 0.25) is 4.80 Å². The van der Waals surface area contributed by atoms with Crippen molar-refractivity contribution in [1.29, 1.82) is 0 Å². The summed E-state index contributed by atoms with van der Waals surface area (Å²) in [5.41, 5.74) is 1.80. The first-order valence-corrected chi connectivity index (χ1v) is 9.29. The van der Waals surface area contributed by atoms with Crippen molar-refractivity contribution in [1.82, 2.24) is 4.68 Å². The van der Waals surface area contributed by atoms with E-state index in [0.717, 1.165) is 5.56 Å². The van der Waals surface area contributed by atoms with Gasteiger partial charge in [0.1, 0.15) is 17.2 Å². The lowest BCUT2D eigenvalue weighted by Crippen LogP contribution is -2.12. The van der Waals surface area contributed by atoms with Crippen molar-refractivity contribution in [3.05, 3.63) is 70.9 Å². The fourth-order valence-electron chi connectivity index (χ4n) is 2.43. The molecule has 0 unspecified atom stereocenters. The Labute approximate surface area is 169 Å². The average Bonchev–Trinajstić information content (AvgIpc) is 3.08. The molecular weight excluding hydrogens is 400 g/mol. The van der Waals surface area contributed by atoms with Crippen LogP contribution in [0.2, 0.25) is 0 Å². The van der Waals surface area contributed by atoms with Crippen LogP contribution in [0.25, 0.3) is 11.3 Å². The predicted octanol–water partition coefficient (Wildman–Crippen LogP) is 4.20. The highest BCUT2D eigenvalue weighted by atomic mass is 32.1. The minimum absolute atomic E-state index is 0.0552. The summed E-state index contributed by atoms with van der Waals surface area (Å²) in [6, 6.07) is 10.3. The van der Waals surface area contributed by atoms with E-state index < -0.39 is 6.61 Å². The van der Waals surface area contributed by atoms with Gasteiger partial charge in [-0.25, -0.2) is 4.68 Å². The summed E-state index contributed by atoms with van der Waals surface area (Å²) >= 11 is 1.35. The SMILES string of the molecule is C=CCN=c1scc(-c2ccc(OC(F)F)cc2)n1N=Cc1ccc(O)cc1O. The number of nitrogens with zero attached hydrogens (tertiary/aromatic N) is 3. The zero-order chi connectivity index (χ0) is 20.8. The van der Waals surface area contributed by atoms with Crippen molar-refractivity contribution in [2.45, 2.75) is 6.61 Å². The number of halogens is 2. The molecular formula is C20H17F2N3O3S. The number of ether oxygens (including phenoxy) is 1. The van der Waals surface area contributed by atoms with Crippen molar-refractivity contribution in [3.8, 4) is 28.5 Å². The molecule has 0 fully saturated rings. The van der Waals surface area contributed by atoms with E-state index in [1.54, 1.807) is 22.9 Å². The Morgan fingerprint density at radius 3 is 2.59 bits per heavy atom. The second-order valence-electron chi connectivity index (χ2n) is 5.74. The van der Waals surface area contributed by atoms with Crippen molar-refractivity contribution in [2.75, 3.05) is 6.54 Å². The second-order valence-corrected chi connectivity index (χ2v) is 6.57. The van der Waals surface area contributed by atoms with E-state index in [4.69, 9.17) is 0 Å². The topological polar surface area (TPSA) is 79.3 Å². The first-order chi connectivity index (χ1) is 14.0. The molecule has 3 rings (SSSR count). The molecule has 1 aromatic heterocycles. The number of thiazole rings is 1. The van der Waals surface area contributed by atoms with Crippen LogP contribution in [-0.2, 0) is 0 Å². The van der Waals surface area contributed by atoms with Crippen molar-refractivity contribution < 1.29 is 23.7 Å². The first kappa shape index (κ1) is 20.3. The van der Waals surface area contributed by atoms with E-state index in [-0.39, 0.29) is 17.2 Å². The van der Waals surface area contributed by atoms with Crippen molar-refractivity contribution in [3.63, 3.8) is 0 Å². The molecule has 0 bridgehead atoms. The Kier molecular flexibility index (Phi) is 6.40. The van der Waals surface area contributed by atoms with E-state index in [1.807, 2.05) is 5.38 Å². The van der Waals surface area contributed by atoms with Gasteiger partial charge < -0.3 is 14.9 Å². The van der Waals surface area contributed by atoms with Crippen molar-refractivity contribution in [2.24, 2.45) is 10.1 Å². The Morgan fingerprint density at radius 2 is 1.93 bits per heavy atom. The normalized spacial score (nSPS) is 12.0. The van der Waals surface area contributed by atoms with Crippen LogP contribution in [0, 0.1) is 0 Å². The van der Waals surface area contributed by atoms with Gasteiger partial charge in [0, 0.05) is 22.6 Å². The molecule has 2 aromatic carbocycles. The van der Waals surface area contributed by atoms with Gasteiger partial charge in [0.25, 0.3) is 0 Å². The highest BCUT2D eigenvalue weighted by Gasteiger charge is 2.10. The minimum Gasteiger partial charge on any atom is -0.508 e. The van der Waals surface area contributed by atoms with E-state index >= 15 is 0 Å². The Hall–Kier alpha value is -3.46. The van der Waals surface area contributed by atoms with Crippen LogP contribution in [0.3, 0.4) is 0 Å². The maximum absolute atomic E-state index is 12.3. The number of phenolic OH excluding ortho intramolecular Hbond substituents is 2. The highest BCUT2D eigenvalue weighted by Crippen LogP contribution is 2.25. The molecule has 0 aliphatic carbocycles. The van der Waals surface area contributed by atoms with E-state index in [9.17, 15) is 19.0 Å². The quantitative estimate of drug-likeness (QED) is 0.447. The van der Waals surface area contributed by atoms with Crippen LogP contribution in [-0.4, -0.2) is 34.3 Å². The molecule has 0 radical (unpaired) electrons.